The Bertz CT molecular complexity index is 232. The number of piperidine rings is 1. The standard InChI is InChI=1S/C14H29N3/c1-12-9-15-6-4-7-17(10-12)14-5-8-16(3)11-13(14)2/h12-15H,4-11H2,1-3H3. The van der Waals surface area contributed by atoms with Crippen LogP contribution in [-0.4, -0.2) is 62.2 Å². The lowest BCUT2D eigenvalue weighted by Crippen LogP contribution is -2.52. The molecule has 3 atom stereocenters. The van der Waals surface area contributed by atoms with Crippen molar-refractivity contribution < 1.29 is 0 Å². The normalized spacial score (nSPS) is 38.6. The quantitative estimate of drug-likeness (QED) is 0.743. The molecule has 0 bridgehead atoms. The third-order valence-electron chi connectivity index (χ3n) is 4.37. The number of hydrogen-bond acceptors (Lipinski definition) is 3. The molecule has 3 unspecified atom stereocenters. The summed E-state index contributed by atoms with van der Waals surface area (Å²) in [5.74, 6) is 1.62. The number of rotatable bonds is 1. The van der Waals surface area contributed by atoms with E-state index in [9.17, 15) is 0 Å². The molecule has 3 heteroatoms. The van der Waals surface area contributed by atoms with Crippen LogP contribution in [0.4, 0.5) is 0 Å². The lowest BCUT2D eigenvalue weighted by Gasteiger charge is -2.43. The van der Waals surface area contributed by atoms with Gasteiger partial charge in [-0.05, 0) is 57.9 Å². The molecule has 0 spiro atoms. The summed E-state index contributed by atoms with van der Waals surface area (Å²) in [5.41, 5.74) is 0. The Morgan fingerprint density at radius 1 is 1.12 bits per heavy atom. The molecule has 2 rings (SSSR count). The van der Waals surface area contributed by atoms with Crippen LogP contribution in [0.15, 0.2) is 0 Å². The highest BCUT2D eigenvalue weighted by molar-refractivity contribution is 4.85. The highest BCUT2D eigenvalue weighted by Gasteiger charge is 2.30. The molecule has 0 aromatic heterocycles. The second-order valence-electron chi connectivity index (χ2n) is 6.25. The molecule has 3 nitrogen and oxygen atoms in total. The molecule has 2 aliphatic heterocycles. The van der Waals surface area contributed by atoms with Gasteiger partial charge in [0.25, 0.3) is 0 Å². The van der Waals surface area contributed by atoms with Crippen molar-refractivity contribution in [3.05, 3.63) is 0 Å². The Morgan fingerprint density at radius 3 is 2.71 bits per heavy atom. The lowest BCUT2D eigenvalue weighted by atomic mass is 9.91. The molecule has 100 valence electrons. The monoisotopic (exact) mass is 239 g/mol. The molecule has 0 aromatic rings. The molecule has 0 aromatic carbocycles. The molecule has 2 fully saturated rings. The molecule has 1 N–H and O–H groups in total. The van der Waals surface area contributed by atoms with Crippen molar-refractivity contribution in [3.8, 4) is 0 Å². The van der Waals surface area contributed by atoms with E-state index in [1.165, 1.54) is 52.1 Å². The van der Waals surface area contributed by atoms with Crippen LogP contribution in [0.5, 0.6) is 0 Å². The van der Waals surface area contributed by atoms with E-state index in [2.05, 4.69) is 36.0 Å². The summed E-state index contributed by atoms with van der Waals surface area (Å²) in [6.45, 7) is 12.3. The Kier molecular flexibility index (Phi) is 4.83. The van der Waals surface area contributed by atoms with Crippen LogP contribution in [-0.2, 0) is 0 Å². The summed E-state index contributed by atoms with van der Waals surface area (Å²) in [6, 6.07) is 0.826. The van der Waals surface area contributed by atoms with E-state index in [4.69, 9.17) is 0 Å². The van der Waals surface area contributed by atoms with Gasteiger partial charge in [0.05, 0.1) is 0 Å². The lowest BCUT2D eigenvalue weighted by molar-refractivity contribution is 0.0603. The largest absolute Gasteiger partial charge is 0.316 e. The second kappa shape index (κ2) is 6.17. The maximum atomic E-state index is 3.54. The number of nitrogens with zero attached hydrogens (tertiary/aromatic N) is 2. The van der Waals surface area contributed by atoms with E-state index in [1.807, 2.05) is 0 Å². The van der Waals surface area contributed by atoms with Crippen LogP contribution in [0.3, 0.4) is 0 Å². The molecule has 0 amide bonds. The molecule has 0 saturated carbocycles. The Morgan fingerprint density at radius 2 is 1.94 bits per heavy atom. The summed E-state index contributed by atoms with van der Waals surface area (Å²) in [7, 11) is 2.26. The van der Waals surface area contributed by atoms with Gasteiger partial charge < -0.3 is 10.2 Å². The fourth-order valence-electron chi connectivity index (χ4n) is 3.50. The van der Waals surface area contributed by atoms with Gasteiger partial charge in [-0.15, -0.1) is 0 Å². The Labute approximate surface area is 107 Å². The van der Waals surface area contributed by atoms with E-state index in [-0.39, 0.29) is 0 Å². The van der Waals surface area contributed by atoms with Gasteiger partial charge in [-0.3, -0.25) is 4.90 Å². The van der Waals surface area contributed by atoms with Crippen molar-refractivity contribution in [1.29, 1.82) is 0 Å². The average Bonchev–Trinajstić information content (AvgIpc) is 2.24. The fraction of sp³-hybridized carbons (Fsp3) is 1.00. The van der Waals surface area contributed by atoms with Crippen LogP contribution < -0.4 is 5.32 Å². The second-order valence-corrected chi connectivity index (χ2v) is 6.25. The maximum Gasteiger partial charge on any atom is 0.0145 e. The molecule has 0 radical (unpaired) electrons. The van der Waals surface area contributed by atoms with Gasteiger partial charge in [0.2, 0.25) is 0 Å². The zero-order valence-corrected chi connectivity index (χ0v) is 11.8. The highest BCUT2D eigenvalue weighted by Crippen LogP contribution is 2.22. The molecular formula is C14H29N3. The number of nitrogens with one attached hydrogen (secondary N) is 1. The van der Waals surface area contributed by atoms with Crippen LogP contribution in [0.1, 0.15) is 26.7 Å². The molecule has 17 heavy (non-hydrogen) atoms. The van der Waals surface area contributed by atoms with Crippen LogP contribution in [0.2, 0.25) is 0 Å². The average molecular weight is 239 g/mol. The van der Waals surface area contributed by atoms with Gasteiger partial charge in [0, 0.05) is 19.1 Å². The SMILES string of the molecule is CC1CNCCCN(C2CCN(C)CC2C)C1. The van der Waals surface area contributed by atoms with Crippen molar-refractivity contribution in [2.24, 2.45) is 11.8 Å². The van der Waals surface area contributed by atoms with Crippen LogP contribution >= 0.6 is 0 Å². The van der Waals surface area contributed by atoms with E-state index in [0.717, 1.165) is 17.9 Å². The highest BCUT2D eigenvalue weighted by atomic mass is 15.2. The summed E-state index contributed by atoms with van der Waals surface area (Å²) >= 11 is 0. The first-order chi connectivity index (χ1) is 8.16. The van der Waals surface area contributed by atoms with Crippen molar-refractivity contribution in [3.63, 3.8) is 0 Å². The first kappa shape index (κ1) is 13.3. The minimum Gasteiger partial charge on any atom is -0.316 e. The predicted octanol–water partition coefficient (Wildman–Crippen LogP) is 1.26. The summed E-state index contributed by atoms with van der Waals surface area (Å²) in [6.07, 6.45) is 2.67. The third kappa shape index (κ3) is 3.67. The van der Waals surface area contributed by atoms with Crippen molar-refractivity contribution >= 4 is 0 Å². The van der Waals surface area contributed by atoms with Gasteiger partial charge in [0.15, 0.2) is 0 Å². The number of likely N-dealkylation sites (tertiary alicyclic amines) is 1. The fourth-order valence-corrected chi connectivity index (χ4v) is 3.50. The van der Waals surface area contributed by atoms with Gasteiger partial charge in [0.1, 0.15) is 0 Å². The van der Waals surface area contributed by atoms with E-state index in [0.29, 0.717) is 0 Å². The van der Waals surface area contributed by atoms with Gasteiger partial charge >= 0.3 is 0 Å². The zero-order chi connectivity index (χ0) is 12.3. The number of hydrogen-bond donors (Lipinski definition) is 1. The Balaban J connectivity index is 1.93. The van der Waals surface area contributed by atoms with E-state index in [1.54, 1.807) is 0 Å². The third-order valence-corrected chi connectivity index (χ3v) is 4.37. The molecule has 2 heterocycles. The topological polar surface area (TPSA) is 18.5 Å². The van der Waals surface area contributed by atoms with Gasteiger partial charge in [-0.2, -0.15) is 0 Å². The van der Waals surface area contributed by atoms with Crippen molar-refractivity contribution in [1.82, 2.24) is 15.1 Å². The van der Waals surface area contributed by atoms with Crippen LogP contribution in [0.25, 0.3) is 0 Å². The van der Waals surface area contributed by atoms with Crippen LogP contribution in [0, 0.1) is 11.8 Å². The van der Waals surface area contributed by atoms with Gasteiger partial charge in [-0.25, -0.2) is 0 Å². The summed E-state index contributed by atoms with van der Waals surface area (Å²) < 4.78 is 0. The first-order valence-electron chi connectivity index (χ1n) is 7.30. The van der Waals surface area contributed by atoms with E-state index < -0.39 is 0 Å². The zero-order valence-electron chi connectivity index (χ0n) is 11.8. The van der Waals surface area contributed by atoms with Gasteiger partial charge in [-0.1, -0.05) is 13.8 Å². The molecule has 0 aliphatic carbocycles. The molecule has 2 saturated heterocycles. The Hall–Kier alpha value is -0.120. The predicted molar refractivity (Wildman–Crippen MR) is 73.3 cm³/mol. The summed E-state index contributed by atoms with van der Waals surface area (Å²) in [4.78, 5) is 5.26. The molecular weight excluding hydrogens is 210 g/mol. The van der Waals surface area contributed by atoms with Crippen molar-refractivity contribution in [2.45, 2.75) is 32.7 Å². The first-order valence-corrected chi connectivity index (χ1v) is 7.30. The summed E-state index contributed by atoms with van der Waals surface area (Å²) in [5, 5.41) is 3.54. The molecule has 2 aliphatic rings. The van der Waals surface area contributed by atoms with E-state index >= 15 is 0 Å². The van der Waals surface area contributed by atoms with Crippen molar-refractivity contribution in [2.75, 3.05) is 46.3 Å². The maximum absolute atomic E-state index is 3.54. The minimum atomic E-state index is 0.794. The smallest absolute Gasteiger partial charge is 0.0145 e. The minimum absolute atomic E-state index is 0.794.